The maximum absolute atomic E-state index is 11.9. The largest absolute Gasteiger partial charge is 0.444 e. The summed E-state index contributed by atoms with van der Waals surface area (Å²) < 4.78 is 5.39. The molecule has 2 fully saturated rings. The van der Waals surface area contributed by atoms with Crippen LogP contribution in [0.1, 0.15) is 72.1 Å². The number of hydrogen-bond acceptors (Lipinski definition) is 2. The van der Waals surface area contributed by atoms with E-state index in [2.05, 4.69) is 5.32 Å². The van der Waals surface area contributed by atoms with Gasteiger partial charge in [0.05, 0.1) is 0 Å². The average molecular weight is 253 g/mol. The summed E-state index contributed by atoms with van der Waals surface area (Å²) in [5.41, 5.74) is -0.0171. The van der Waals surface area contributed by atoms with Crippen molar-refractivity contribution in [3.63, 3.8) is 0 Å². The second-order valence-electron chi connectivity index (χ2n) is 7.01. The Morgan fingerprint density at radius 1 is 1.11 bits per heavy atom. The molecule has 0 aromatic rings. The minimum Gasteiger partial charge on any atom is -0.444 e. The highest BCUT2D eigenvalue weighted by Gasteiger charge is 2.43. The number of amides is 1. The topological polar surface area (TPSA) is 38.3 Å². The Balaban J connectivity index is 1.96. The van der Waals surface area contributed by atoms with Gasteiger partial charge in [-0.25, -0.2) is 4.79 Å². The number of nitrogens with one attached hydrogen (secondary N) is 1. The zero-order chi connectivity index (χ0) is 13.2. The zero-order valence-corrected chi connectivity index (χ0v) is 12.1. The number of carbonyl (C=O) groups excluding carboxylic acids is 1. The molecule has 1 atom stereocenters. The van der Waals surface area contributed by atoms with Gasteiger partial charge in [0, 0.05) is 6.04 Å². The van der Waals surface area contributed by atoms with Crippen molar-refractivity contribution < 1.29 is 9.53 Å². The van der Waals surface area contributed by atoms with Crippen molar-refractivity contribution in [1.82, 2.24) is 5.32 Å². The Kier molecular flexibility index (Phi) is 3.88. The van der Waals surface area contributed by atoms with Crippen molar-refractivity contribution in [2.75, 3.05) is 0 Å². The Labute approximate surface area is 111 Å². The zero-order valence-electron chi connectivity index (χ0n) is 12.1. The first-order chi connectivity index (χ1) is 8.41. The van der Waals surface area contributed by atoms with Crippen molar-refractivity contribution in [2.45, 2.75) is 83.8 Å². The van der Waals surface area contributed by atoms with Gasteiger partial charge in [-0.1, -0.05) is 25.7 Å². The molecule has 0 aromatic heterocycles. The van der Waals surface area contributed by atoms with E-state index in [1.807, 2.05) is 20.8 Å². The van der Waals surface area contributed by atoms with E-state index in [0.717, 1.165) is 6.42 Å². The van der Waals surface area contributed by atoms with Crippen LogP contribution >= 0.6 is 0 Å². The molecule has 3 heteroatoms. The summed E-state index contributed by atoms with van der Waals surface area (Å²) in [5.74, 6) is 0. The molecule has 0 saturated heterocycles. The van der Waals surface area contributed by atoms with Gasteiger partial charge < -0.3 is 10.1 Å². The van der Waals surface area contributed by atoms with Crippen LogP contribution < -0.4 is 5.32 Å². The maximum Gasteiger partial charge on any atom is 0.407 e. The molecule has 1 amide bonds. The SMILES string of the molecule is CC(C)(C)OC(=O)NC1CCCCC12CCCC2. The van der Waals surface area contributed by atoms with Gasteiger partial charge in [-0.15, -0.1) is 0 Å². The first-order valence-electron chi connectivity index (χ1n) is 7.41. The molecule has 2 rings (SSSR count). The molecule has 18 heavy (non-hydrogen) atoms. The second-order valence-corrected chi connectivity index (χ2v) is 7.01. The second kappa shape index (κ2) is 5.10. The van der Waals surface area contributed by atoms with Crippen molar-refractivity contribution in [3.8, 4) is 0 Å². The standard InChI is InChI=1S/C15H27NO2/c1-14(2,3)18-13(17)16-12-8-4-5-9-15(12)10-6-7-11-15/h12H,4-11H2,1-3H3,(H,16,17). The third-order valence-electron chi connectivity index (χ3n) is 4.45. The van der Waals surface area contributed by atoms with E-state index in [4.69, 9.17) is 4.74 Å². The number of ether oxygens (including phenoxy) is 1. The van der Waals surface area contributed by atoms with Crippen molar-refractivity contribution in [1.29, 1.82) is 0 Å². The van der Waals surface area contributed by atoms with Crippen LogP contribution in [-0.4, -0.2) is 17.7 Å². The van der Waals surface area contributed by atoms with E-state index < -0.39 is 5.60 Å². The maximum atomic E-state index is 11.9. The summed E-state index contributed by atoms with van der Waals surface area (Å²) in [4.78, 5) is 11.9. The predicted octanol–water partition coefficient (Wildman–Crippen LogP) is 4.01. The fourth-order valence-electron chi connectivity index (χ4n) is 3.66. The first kappa shape index (κ1) is 13.7. The predicted molar refractivity (Wildman–Crippen MR) is 72.5 cm³/mol. The lowest BCUT2D eigenvalue weighted by molar-refractivity contribution is 0.0390. The highest BCUT2D eigenvalue weighted by Crippen LogP contribution is 2.49. The van der Waals surface area contributed by atoms with Crippen LogP contribution in [0.4, 0.5) is 4.79 Å². The van der Waals surface area contributed by atoms with E-state index in [0.29, 0.717) is 11.5 Å². The van der Waals surface area contributed by atoms with Gasteiger partial charge in [-0.2, -0.15) is 0 Å². The molecule has 0 aliphatic heterocycles. The van der Waals surface area contributed by atoms with E-state index in [1.165, 1.54) is 44.9 Å². The highest BCUT2D eigenvalue weighted by molar-refractivity contribution is 5.68. The molecule has 0 heterocycles. The van der Waals surface area contributed by atoms with Crippen LogP contribution in [0.2, 0.25) is 0 Å². The Morgan fingerprint density at radius 3 is 2.22 bits per heavy atom. The molecule has 1 spiro atoms. The lowest BCUT2D eigenvalue weighted by Crippen LogP contribution is -2.49. The average Bonchev–Trinajstić information content (AvgIpc) is 2.68. The molecule has 3 nitrogen and oxygen atoms in total. The molecule has 2 saturated carbocycles. The fraction of sp³-hybridized carbons (Fsp3) is 0.933. The van der Waals surface area contributed by atoms with Crippen LogP contribution in [0, 0.1) is 5.41 Å². The third kappa shape index (κ3) is 3.18. The molecular weight excluding hydrogens is 226 g/mol. The number of alkyl carbamates (subject to hydrolysis) is 1. The van der Waals surface area contributed by atoms with Gasteiger partial charge in [-0.3, -0.25) is 0 Å². The van der Waals surface area contributed by atoms with Crippen LogP contribution in [0.25, 0.3) is 0 Å². The third-order valence-corrected chi connectivity index (χ3v) is 4.45. The lowest BCUT2D eigenvalue weighted by Gasteiger charge is -2.42. The summed E-state index contributed by atoms with van der Waals surface area (Å²) in [7, 11) is 0. The monoisotopic (exact) mass is 253 g/mol. The normalized spacial score (nSPS) is 27.2. The van der Waals surface area contributed by atoms with Gasteiger partial charge in [-0.05, 0) is 51.9 Å². The molecule has 1 unspecified atom stereocenters. The first-order valence-corrected chi connectivity index (χ1v) is 7.41. The van der Waals surface area contributed by atoms with Gasteiger partial charge in [0.1, 0.15) is 5.60 Å². The molecule has 104 valence electrons. The summed E-state index contributed by atoms with van der Waals surface area (Å²) in [6, 6.07) is 0.337. The minimum absolute atomic E-state index is 0.235. The van der Waals surface area contributed by atoms with Crippen molar-refractivity contribution in [2.24, 2.45) is 5.41 Å². The molecule has 2 aliphatic rings. The van der Waals surface area contributed by atoms with Crippen LogP contribution in [0.15, 0.2) is 0 Å². The highest BCUT2D eigenvalue weighted by atomic mass is 16.6. The van der Waals surface area contributed by atoms with Crippen molar-refractivity contribution >= 4 is 6.09 Å². The molecule has 0 radical (unpaired) electrons. The number of rotatable bonds is 1. The molecule has 1 N–H and O–H groups in total. The molecular formula is C15H27NO2. The Morgan fingerprint density at radius 2 is 1.67 bits per heavy atom. The number of hydrogen-bond donors (Lipinski definition) is 1. The van der Waals surface area contributed by atoms with E-state index in [1.54, 1.807) is 0 Å². The smallest absolute Gasteiger partial charge is 0.407 e. The quantitative estimate of drug-likeness (QED) is 0.766. The minimum atomic E-state index is -0.401. The molecule has 0 aromatic carbocycles. The lowest BCUT2D eigenvalue weighted by atomic mass is 9.69. The van der Waals surface area contributed by atoms with Crippen LogP contribution in [0.3, 0.4) is 0 Å². The Hall–Kier alpha value is -0.730. The summed E-state index contributed by atoms with van der Waals surface area (Å²) in [6.45, 7) is 5.75. The van der Waals surface area contributed by atoms with E-state index in [-0.39, 0.29) is 6.09 Å². The molecule has 0 bridgehead atoms. The van der Waals surface area contributed by atoms with Gasteiger partial charge in [0.2, 0.25) is 0 Å². The van der Waals surface area contributed by atoms with Crippen molar-refractivity contribution in [3.05, 3.63) is 0 Å². The van der Waals surface area contributed by atoms with Gasteiger partial charge in [0.25, 0.3) is 0 Å². The Bertz CT molecular complexity index is 300. The summed E-state index contributed by atoms with van der Waals surface area (Å²) in [6.07, 6.45) is 9.96. The summed E-state index contributed by atoms with van der Waals surface area (Å²) in [5, 5.41) is 3.15. The number of carbonyl (C=O) groups is 1. The van der Waals surface area contributed by atoms with Gasteiger partial charge >= 0.3 is 6.09 Å². The van der Waals surface area contributed by atoms with E-state index in [9.17, 15) is 4.79 Å². The van der Waals surface area contributed by atoms with E-state index >= 15 is 0 Å². The van der Waals surface area contributed by atoms with Crippen LogP contribution in [-0.2, 0) is 4.74 Å². The van der Waals surface area contributed by atoms with Gasteiger partial charge in [0.15, 0.2) is 0 Å². The van der Waals surface area contributed by atoms with Crippen LogP contribution in [0.5, 0.6) is 0 Å². The fourth-order valence-corrected chi connectivity index (χ4v) is 3.66. The summed E-state index contributed by atoms with van der Waals surface area (Å²) >= 11 is 0. The molecule has 2 aliphatic carbocycles.